The van der Waals surface area contributed by atoms with Crippen molar-refractivity contribution in [3.05, 3.63) is 30.3 Å². The first kappa shape index (κ1) is 21.3. The molecule has 0 saturated carbocycles. The van der Waals surface area contributed by atoms with Crippen LogP contribution in [0.3, 0.4) is 0 Å². The van der Waals surface area contributed by atoms with E-state index in [1.54, 1.807) is 4.90 Å². The number of carbonyl (C=O) groups is 2. The predicted octanol–water partition coefficient (Wildman–Crippen LogP) is 1.58. The zero-order valence-electron chi connectivity index (χ0n) is 15.0. The van der Waals surface area contributed by atoms with Gasteiger partial charge in [0.15, 0.2) is 0 Å². The number of nitrogens with two attached hydrogens (primary N) is 1. The summed E-state index contributed by atoms with van der Waals surface area (Å²) in [6.45, 7) is 7.20. The molecule has 0 radical (unpaired) electrons. The zero-order valence-corrected chi connectivity index (χ0v) is 15.8. The summed E-state index contributed by atoms with van der Waals surface area (Å²) < 4.78 is 5.61. The minimum atomic E-state index is -0.594. The van der Waals surface area contributed by atoms with Crippen molar-refractivity contribution in [2.45, 2.75) is 39.3 Å². The maximum absolute atomic E-state index is 12.2. The molecule has 6 nitrogen and oxygen atoms in total. The molecule has 1 aromatic carbocycles. The predicted molar refractivity (Wildman–Crippen MR) is 99.7 cm³/mol. The lowest BCUT2D eigenvalue weighted by molar-refractivity contribution is -0.128. The van der Waals surface area contributed by atoms with Gasteiger partial charge >= 0.3 is 0 Å². The van der Waals surface area contributed by atoms with E-state index in [0.29, 0.717) is 26.1 Å². The van der Waals surface area contributed by atoms with Gasteiger partial charge in [-0.15, -0.1) is 12.4 Å². The number of hydrogen-bond acceptors (Lipinski definition) is 4. The van der Waals surface area contributed by atoms with Crippen LogP contribution in [0.5, 0.6) is 5.75 Å². The maximum atomic E-state index is 12.2. The van der Waals surface area contributed by atoms with Gasteiger partial charge in [0.1, 0.15) is 12.4 Å². The highest BCUT2D eigenvalue weighted by Gasteiger charge is 2.34. The van der Waals surface area contributed by atoms with Crippen LogP contribution in [-0.2, 0) is 9.59 Å². The molecule has 1 aromatic rings. The molecule has 2 rings (SSSR count). The van der Waals surface area contributed by atoms with Gasteiger partial charge in [0, 0.05) is 13.0 Å². The minimum Gasteiger partial charge on any atom is -0.492 e. The number of amides is 2. The van der Waals surface area contributed by atoms with Gasteiger partial charge in [-0.25, -0.2) is 0 Å². The summed E-state index contributed by atoms with van der Waals surface area (Å²) in [4.78, 5) is 25.9. The first-order valence-corrected chi connectivity index (χ1v) is 8.29. The Hall–Kier alpha value is -1.79. The van der Waals surface area contributed by atoms with Crippen LogP contribution in [0.2, 0.25) is 0 Å². The van der Waals surface area contributed by atoms with Crippen LogP contribution in [0.1, 0.15) is 27.2 Å². The number of para-hydroxylation sites is 1. The molecule has 3 N–H and O–H groups in total. The van der Waals surface area contributed by atoms with Crippen molar-refractivity contribution in [2.24, 2.45) is 11.1 Å². The van der Waals surface area contributed by atoms with E-state index < -0.39 is 6.04 Å². The number of nitrogens with one attached hydrogen (secondary N) is 1. The van der Waals surface area contributed by atoms with Crippen molar-refractivity contribution in [3.63, 3.8) is 0 Å². The standard InChI is InChI=1S/C18H27N3O3.ClH/c1-18(2,3)16(19)17(23)20-13-11-15(22)21(12-13)9-10-24-14-7-5-4-6-8-14;/h4-8,13,16H,9-12,19H2,1-3H3,(H,20,23);1H/t13?,16-;/m1./s1. The molecule has 0 aromatic heterocycles. The van der Waals surface area contributed by atoms with Crippen LogP contribution in [0.25, 0.3) is 0 Å². The Bertz CT molecular complexity index is 575. The van der Waals surface area contributed by atoms with Gasteiger partial charge in [-0.05, 0) is 17.5 Å². The largest absolute Gasteiger partial charge is 0.492 e. The van der Waals surface area contributed by atoms with Crippen LogP contribution < -0.4 is 15.8 Å². The van der Waals surface area contributed by atoms with Crippen molar-refractivity contribution < 1.29 is 14.3 Å². The fraction of sp³-hybridized carbons (Fsp3) is 0.556. The summed E-state index contributed by atoms with van der Waals surface area (Å²) in [6.07, 6.45) is 0.313. The lowest BCUT2D eigenvalue weighted by Crippen LogP contribution is -2.51. The molecule has 1 fully saturated rings. The van der Waals surface area contributed by atoms with Crippen molar-refractivity contribution >= 4 is 24.2 Å². The van der Waals surface area contributed by atoms with E-state index in [2.05, 4.69) is 5.32 Å². The maximum Gasteiger partial charge on any atom is 0.237 e. The molecule has 1 saturated heterocycles. The van der Waals surface area contributed by atoms with Crippen molar-refractivity contribution in [3.8, 4) is 5.75 Å². The van der Waals surface area contributed by atoms with Gasteiger partial charge < -0.3 is 20.7 Å². The molecule has 0 aliphatic carbocycles. The number of halogens is 1. The Labute approximate surface area is 155 Å². The third-order valence-corrected chi connectivity index (χ3v) is 4.15. The molecule has 1 aliphatic heterocycles. The summed E-state index contributed by atoms with van der Waals surface area (Å²) >= 11 is 0. The van der Waals surface area contributed by atoms with E-state index in [4.69, 9.17) is 10.5 Å². The Balaban J connectivity index is 0.00000312. The monoisotopic (exact) mass is 369 g/mol. The van der Waals surface area contributed by atoms with Gasteiger partial charge in [0.2, 0.25) is 11.8 Å². The van der Waals surface area contributed by atoms with E-state index in [1.807, 2.05) is 51.1 Å². The average molecular weight is 370 g/mol. The first-order chi connectivity index (χ1) is 11.3. The molecular formula is C18H28ClN3O3. The van der Waals surface area contributed by atoms with Crippen LogP contribution >= 0.6 is 12.4 Å². The zero-order chi connectivity index (χ0) is 17.7. The van der Waals surface area contributed by atoms with Crippen molar-refractivity contribution in [2.75, 3.05) is 19.7 Å². The molecule has 7 heteroatoms. The first-order valence-electron chi connectivity index (χ1n) is 8.29. The number of likely N-dealkylation sites (tertiary alicyclic amines) is 1. The highest BCUT2D eigenvalue weighted by atomic mass is 35.5. The molecule has 25 heavy (non-hydrogen) atoms. The van der Waals surface area contributed by atoms with E-state index in [9.17, 15) is 9.59 Å². The molecule has 0 bridgehead atoms. The normalized spacial score (nSPS) is 18.5. The molecule has 140 valence electrons. The van der Waals surface area contributed by atoms with Crippen LogP contribution in [0, 0.1) is 5.41 Å². The molecule has 2 atom stereocenters. The molecule has 2 amide bonds. The highest BCUT2D eigenvalue weighted by molar-refractivity contribution is 5.85. The van der Waals surface area contributed by atoms with Crippen molar-refractivity contribution in [1.82, 2.24) is 10.2 Å². The van der Waals surface area contributed by atoms with E-state index >= 15 is 0 Å². The number of ether oxygens (including phenoxy) is 1. The second-order valence-electron chi connectivity index (χ2n) is 7.25. The number of carbonyl (C=O) groups excluding carboxylic acids is 2. The Morgan fingerprint density at radius 2 is 2.00 bits per heavy atom. The molecule has 1 unspecified atom stereocenters. The SMILES string of the molecule is CC(C)(C)[C@H](N)C(=O)NC1CC(=O)N(CCOc2ccccc2)C1.Cl. The molecular weight excluding hydrogens is 342 g/mol. The second kappa shape index (κ2) is 9.06. The number of nitrogens with zero attached hydrogens (tertiary/aromatic N) is 1. The summed E-state index contributed by atoms with van der Waals surface area (Å²) in [5.74, 6) is 0.606. The Morgan fingerprint density at radius 1 is 1.36 bits per heavy atom. The average Bonchev–Trinajstić information content (AvgIpc) is 2.86. The molecule has 0 spiro atoms. The van der Waals surface area contributed by atoms with Gasteiger partial charge in [0.05, 0.1) is 18.6 Å². The van der Waals surface area contributed by atoms with Crippen LogP contribution in [0.4, 0.5) is 0 Å². The van der Waals surface area contributed by atoms with Crippen LogP contribution in [-0.4, -0.2) is 48.5 Å². The Kier molecular flexibility index (Phi) is 7.70. The number of benzene rings is 1. The highest BCUT2D eigenvalue weighted by Crippen LogP contribution is 2.18. The topological polar surface area (TPSA) is 84.7 Å². The third kappa shape index (κ3) is 6.21. The fourth-order valence-electron chi connectivity index (χ4n) is 2.56. The third-order valence-electron chi connectivity index (χ3n) is 4.15. The van der Waals surface area contributed by atoms with Crippen LogP contribution in [0.15, 0.2) is 30.3 Å². The van der Waals surface area contributed by atoms with E-state index in [1.165, 1.54) is 0 Å². The summed E-state index contributed by atoms with van der Waals surface area (Å²) in [6, 6.07) is 8.71. The summed E-state index contributed by atoms with van der Waals surface area (Å²) in [5, 5.41) is 2.89. The van der Waals surface area contributed by atoms with Gasteiger partial charge in [-0.3, -0.25) is 9.59 Å². The lowest BCUT2D eigenvalue weighted by atomic mass is 9.87. The van der Waals surface area contributed by atoms with Gasteiger partial charge in [-0.1, -0.05) is 39.0 Å². The number of hydrogen-bond donors (Lipinski definition) is 2. The van der Waals surface area contributed by atoms with Crippen molar-refractivity contribution in [1.29, 1.82) is 0 Å². The van der Waals surface area contributed by atoms with E-state index in [-0.39, 0.29) is 35.7 Å². The second-order valence-corrected chi connectivity index (χ2v) is 7.25. The quantitative estimate of drug-likeness (QED) is 0.797. The summed E-state index contributed by atoms with van der Waals surface area (Å²) in [5.41, 5.74) is 5.65. The van der Waals surface area contributed by atoms with Gasteiger partial charge in [0.25, 0.3) is 0 Å². The minimum absolute atomic E-state index is 0. The van der Waals surface area contributed by atoms with E-state index in [0.717, 1.165) is 5.75 Å². The summed E-state index contributed by atoms with van der Waals surface area (Å²) in [7, 11) is 0. The number of rotatable bonds is 6. The molecule has 1 heterocycles. The lowest BCUT2D eigenvalue weighted by Gasteiger charge is -2.27. The fourth-order valence-corrected chi connectivity index (χ4v) is 2.56. The molecule has 1 aliphatic rings. The Morgan fingerprint density at radius 3 is 2.60 bits per heavy atom. The van der Waals surface area contributed by atoms with Gasteiger partial charge in [-0.2, -0.15) is 0 Å². The smallest absolute Gasteiger partial charge is 0.237 e.